The van der Waals surface area contributed by atoms with E-state index in [1.807, 2.05) is 31.2 Å². The Bertz CT molecular complexity index is 1210. The van der Waals surface area contributed by atoms with E-state index >= 15 is 0 Å². The van der Waals surface area contributed by atoms with E-state index < -0.39 is 6.67 Å². The number of rotatable bonds is 3. The maximum Gasteiger partial charge on any atom is 0.204 e. The summed E-state index contributed by atoms with van der Waals surface area (Å²) in [6.07, 6.45) is 0.563. The van der Waals surface area contributed by atoms with E-state index in [1.165, 1.54) is 6.07 Å². The first-order chi connectivity index (χ1) is 12.5. The number of hydrogen-bond acceptors (Lipinski definition) is 4. The lowest BCUT2D eigenvalue weighted by molar-refractivity contribution is 0.401. The number of benzene rings is 2. The Hall–Kier alpha value is -3.15. The van der Waals surface area contributed by atoms with Crippen molar-refractivity contribution in [2.24, 2.45) is 7.05 Å². The van der Waals surface area contributed by atoms with E-state index in [1.54, 1.807) is 17.7 Å². The number of nitrogens with zero attached hydrogens (tertiary/aromatic N) is 2. The third kappa shape index (κ3) is 2.29. The molecule has 132 valence electrons. The number of alkyl halides is 1. The van der Waals surface area contributed by atoms with Gasteiger partial charge in [0.1, 0.15) is 29.4 Å². The van der Waals surface area contributed by atoms with Crippen molar-refractivity contribution in [2.45, 2.75) is 20.0 Å². The summed E-state index contributed by atoms with van der Waals surface area (Å²) >= 11 is 0. The van der Waals surface area contributed by atoms with Gasteiger partial charge in [-0.05, 0) is 30.2 Å². The molecule has 4 aromatic rings. The Morgan fingerprint density at radius 1 is 1.27 bits per heavy atom. The van der Waals surface area contributed by atoms with Crippen molar-refractivity contribution in [3.05, 3.63) is 57.9 Å². The topological polar surface area (TPSA) is 68.3 Å². The van der Waals surface area contributed by atoms with Crippen LogP contribution in [0, 0.1) is 0 Å². The molecular weight excluding hydrogens is 335 g/mol. The first-order valence-electron chi connectivity index (χ1n) is 8.34. The van der Waals surface area contributed by atoms with Crippen LogP contribution in [-0.4, -0.2) is 14.7 Å². The molecule has 0 saturated heterocycles. The normalized spacial score (nSPS) is 11.5. The molecule has 0 spiro atoms. The van der Waals surface area contributed by atoms with Gasteiger partial charge in [0.05, 0.1) is 16.4 Å². The van der Waals surface area contributed by atoms with Crippen molar-refractivity contribution in [1.29, 1.82) is 0 Å². The summed E-state index contributed by atoms with van der Waals surface area (Å²) in [5.74, 6) is 0.300. The number of hydrogen-bond donors (Lipinski definition) is 1. The molecule has 2 heterocycles. The number of aromatic nitrogens is 2. The fraction of sp³-hybridized carbons (Fsp3) is 0.200. The van der Waals surface area contributed by atoms with Crippen LogP contribution < -0.4 is 5.43 Å². The highest BCUT2D eigenvalue weighted by Gasteiger charge is 2.22. The SMILES string of the molecule is CCc1cc2c(=O)c(-c3nc4ccccc4n3C)c(CF)oc2cc1O. The minimum atomic E-state index is -0.944. The second-order valence-electron chi connectivity index (χ2n) is 6.18. The Morgan fingerprint density at radius 2 is 2.04 bits per heavy atom. The molecule has 4 rings (SSSR count). The van der Waals surface area contributed by atoms with Gasteiger partial charge in [0.15, 0.2) is 5.76 Å². The lowest BCUT2D eigenvalue weighted by Gasteiger charge is -2.10. The summed E-state index contributed by atoms with van der Waals surface area (Å²) in [6.45, 7) is 0.935. The largest absolute Gasteiger partial charge is 0.508 e. The predicted octanol–water partition coefficient (Wildman–Crippen LogP) is 4.08. The minimum Gasteiger partial charge on any atom is -0.508 e. The van der Waals surface area contributed by atoms with Gasteiger partial charge in [0, 0.05) is 13.1 Å². The molecule has 1 N–H and O–H groups in total. The van der Waals surface area contributed by atoms with Gasteiger partial charge in [-0.3, -0.25) is 4.79 Å². The predicted molar refractivity (Wildman–Crippen MR) is 98.0 cm³/mol. The molecular formula is C20H17FN2O3. The molecule has 2 aromatic heterocycles. The Kier molecular flexibility index (Phi) is 3.76. The molecule has 6 heteroatoms. The monoisotopic (exact) mass is 352 g/mol. The minimum absolute atomic E-state index is 0.0310. The summed E-state index contributed by atoms with van der Waals surface area (Å²) < 4.78 is 21.1. The zero-order chi connectivity index (χ0) is 18.4. The van der Waals surface area contributed by atoms with E-state index in [2.05, 4.69) is 4.98 Å². The lowest BCUT2D eigenvalue weighted by atomic mass is 10.0. The van der Waals surface area contributed by atoms with Gasteiger partial charge in [0.2, 0.25) is 5.43 Å². The Morgan fingerprint density at radius 3 is 2.73 bits per heavy atom. The highest BCUT2D eigenvalue weighted by molar-refractivity contribution is 5.86. The quantitative estimate of drug-likeness (QED) is 0.603. The molecule has 0 amide bonds. The molecule has 0 radical (unpaired) electrons. The third-order valence-corrected chi connectivity index (χ3v) is 4.68. The number of para-hydroxylation sites is 2. The van der Waals surface area contributed by atoms with Crippen LogP contribution in [-0.2, 0) is 20.1 Å². The zero-order valence-corrected chi connectivity index (χ0v) is 14.4. The van der Waals surface area contributed by atoms with Crippen LogP contribution in [0.5, 0.6) is 5.75 Å². The summed E-state index contributed by atoms with van der Waals surface area (Å²) in [5.41, 5.74) is 2.12. The number of halogens is 1. The molecule has 0 atom stereocenters. The highest BCUT2D eigenvalue weighted by Crippen LogP contribution is 2.30. The van der Waals surface area contributed by atoms with Crippen LogP contribution in [0.25, 0.3) is 33.4 Å². The van der Waals surface area contributed by atoms with Crippen LogP contribution in [0.4, 0.5) is 4.39 Å². The molecule has 0 bridgehead atoms. The Balaban J connectivity index is 2.11. The van der Waals surface area contributed by atoms with E-state index in [4.69, 9.17) is 4.42 Å². The van der Waals surface area contributed by atoms with Gasteiger partial charge in [-0.15, -0.1) is 0 Å². The molecule has 0 saturated carbocycles. The van der Waals surface area contributed by atoms with Crippen molar-refractivity contribution in [1.82, 2.24) is 9.55 Å². The second-order valence-corrected chi connectivity index (χ2v) is 6.18. The van der Waals surface area contributed by atoms with Gasteiger partial charge in [-0.25, -0.2) is 9.37 Å². The van der Waals surface area contributed by atoms with Crippen molar-refractivity contribution >= 4 is 22.0 Å². The first-order valence-corrected chi connectivity index (χ1v) is 8.34. The van der Waals surface area contributed by atoms with Crippen LogP contribution in [0.15, 0.2) is 45.6 Å². The average Bonchev–Trinajstić information content (AvgIpc) is 2.97. The van der Waals surface area contributed by atoms with Crippen LogP contribution in [0.2, 0.25) is 0 Å². The number of imidazole rings is 1. The summed E-state index contributed by atoms with van der Waals surface area (Å²) in [4.78, 5) is 17.7. The number of aryl methyl sites for hydroxylation is 2. The fourth-order valence-corrected chi connectivity index (χ4v) is 3.29. The summed E-state index contributed by atoms with van der Waals surface area (Å²) in [6, 6.07) is 10.4. The van der Waals surface area contributed by atoms with Gasteiger partial charge >= 0.3 is 0 Å². The molecule has 0 fully saturated rings. The van der Waals surface area contributed by atoms with Gasteiger partial charge < -0.3 is 14.1 Å². The maximum atomic E-state index is 13.7. The number of aromatic hydroxyl groups is 1. The van der Waals surface area contributed by atoms with E-state index in [0.717, 1.165) is 5.52 Å². The molecule has 0 unspecified atom stereocenters. The standard InChI is InChI=1S/C20H17FN2O3/c1-3-11-8-12-16(9-15(11)24)26-17(10-21)18(19(12)25)20-22-13-6-4-5-7-14(13)23(20)2/h4-9,24H,3,10H2,1-2H3. The van der Waals surface area contributed by atoms with E-state index in [9.17, 15) is 14.3 Å². The third-order valence-electron chi connectivity index (χ3n) is 4.68. The van der Waals surface area contributed by atoms with Gasteiger partial charge in [0.25, 0.3) is 0 Å². The van der Waals surface area contributed by atoms with Crippen LogP contribution in [0.3, 0.4) is 0 Å². The van der Waals surface area contributed by atoms with Gasteiger partial charge in [-0.1, -0.05) is 19.1 Å². The molecule has 5 nitrogen and oxygen atoms in total. The van der Waals surface area contributed by atoms with Gasteiger partial charge in [-0.2, -0.15) is 0 Å². The van der Waals surface area contributed by atoms with Crippen molar-refractivity contribution in [3.63, 3.8) is 0 Å². The maximum absolute atomic E-state index is 13.7. The molecule has 2 aromatic carbocycles. The smallest absolute Gasteiger partial charge is 0.204 e. The van der Waals surface area contributed by atoms with E-state index in [0.29, 0.717) is 28.7 Å². The number of phenolic OH excluding ortho intramolecular Hbond substituents is 1. The number of phenols is 1. The first kappa shape index (κ1) is 16.3. The zero-order valence-electron chi connectivity index (χ0n) is 14.4. The lowest BCUT2D eigenvalue weighted by Crippen LogP contribution is -2.12. The fourth-order valence-electron chi connectivity index (χ4n) is 3.29. The molecule has 0 aliphatic heterocycles. The molecule has 0 aliphatic rings. The van der Waals surface area contributed by atoms with E-state index in [-0.39, 0.29) is 28.1 Å². The Labute approximate surface area is 148 Å². The van der Waals surface area contributed by atoms with Crippen LogP contribution >= 0.6 is 0 Å². The molecule has 26 heavy (non-hydrogen) atoms. The molecule has 0 aliphatic carbocycles. The van der Waals surface area contributed by atoms with Crippen LogP contribution in [0.1, 0.15) is 18.2 Å². The average molecular weight is 352 g/mol. The summed E-state index contributed by atoms with van der Waals surface area (Å²) in [5, 5.41) is 10.3. The van der Waals surface area contributed by atoms with Crippen molar-refractivity contribution < 1.29 is 13.9 Å². The highest BCUT2D eigenvalue weighted by atomic mass is 19.1. The van der Waals surface area contributed by atoms with Crippen molar-refractivity contribution in [2.75, 3.05) is 0 Å². The van der Waals surface area contributed by atoms with Crippen molar-refractivity contribution in [3.8, 4) is 17.1 Å². The summed E-state index contributed by atoms with van der Waals surface area (Å²) in [7, 11) is 1.78. The number of fused-ring (bicyclic) bond motifs is 2. The second kappa shape index (κ2) is 5.98.